The molecule has 0 radical (unpaired) electrons. The lowest BCUT2D eigenvalue weighted by molar-refractivity contribution is 0.830. The zero-order chi connectivity index (χ0) is 16.5. The first-order valence-electron chi connectivity index (χ1n) is 7.98. The molecule has 0 saturated heterocycles. The fraction of sp³-hybridized carbons (Fsp3) is 0.0952. The molecule has 0 aliphatic rings. The standard InChI is InChI=1S/C21H17IN2/c1-15-7-6-9-16(13-15)21-23-19-11-4-5-12-20(19)24(21)14-17-8-2-3-10-18(17)22/h2-13H,14H2,1H3. The number of nitrogens with zero attached hydrogens (tertiary/aromatic N) is 2. The van der Waals surface area contributed by atoms with Crippen LogP contribution in [-0.2, 0) is 6.54 Å². The van der Waals surface area contributed by atoms with E-state index in [1.54, 1.807) is 0 Å². The summed E-state index contributed by atoms with van der Waals surface area (Å²) in [5.41, 5.74) is 5.95. The summed E-state index contributed by atoms with van der Waals surface area (Å²) < 4.78 is 3.60. The molecule has 3 heteroatoms. The van der Waals surface area contributed by atoms with E-state index in [1.807, 2.05) is 6.07 Å². The lowest BCUT2D eigenvalue weighted by atomic mass is 10.1. The van der Waals surface area contributed by atoms with Crippen LogP contribution in [0.15, 0.2) is 72.8 Å². The highest BCUT2D eigenvalue weighted by Crippen LogP contribution is 2.27. The first-order valence-corrected chi connectivity index (χ1v) is 9.06. The van der Waals surface area contributed by atoms with Gasteiger partial charge < -0.3 is 4.57 Å². The molecule has 0 N–H and O–H groups in total. The fourth-order valence-electron chi connectivity index (χ4n) is 3.04. The van der Waals surface area contributed by atoms with Gasteiger partial charge in [-0.2, -0.15) is 0 Å². The second kappa shape index (κ2) is 6.40. The number of aryl methyl sites for hydroxylation is 1. The SMILES string of the molecule is Cc1cccc(-c2nc3ccccc3n2Cc2ccccc2I)c1. The molecular formula is C21H17IN2. The Morgan fingerprint density at radius 1 is 0.917 bits per heavy atom. The zero-order valence-electron chi connectivity index (χ0n) is 13.4. The number of hydrogen-bond acceptors (Lipinski definition) is 1. The normalized spacial score (nSPS) is 11.1. The van der Waals surface area contributed by atoms with Gasteiger partial charge in [-0.25, -0.2) is 4.98 Å². The molecule has 0 fully saturated rings. The molecule has 0 aliphatic heterocycles. The minimum atomic E-state index is 0.822. The van der Waals surface area contributed by atoms with Crippen LogP contribution < -0.4 is 0 Å². The van der Waals surface area contributed by atoms with Gasteiger partial charge in [0.1, 0.15) is 5.82 Å². The van der Waals surface area contributed by atoms with Gasteiger partial charge in [-0.15, -0.1) is 0 Å². The Morgan fingerprint density at radius 3 is 2.54 bits per heavy atom. The van der Waals surface area contributed by atoms with Crippen LogP contribution >= 0.6 is 22.6 Å². The smallest absolute Gasteiger partial charge is 0.141 e. The molecule has 0 spiro atoms. The van der Waals surface area contributed by atoms with Crippen molar-refractivity contribution in [2.45, 2.75) is 13.5 Å². The molecular weight excluding hydrogens is 407 g/mol. The average molecular weight is 424 g/mol. The number of hydrogen-bond donors (Lipinski definition) is 0. The van der Waals surface area contributed by atoms with E-state index in [0.29, 0.717) is 0 Å². The Morgan fingerprint density at radius 2 is 1.71 bits per heavy atom. The summed E-state index contributed by atoms with van der Waals surface area (Å²) in [6.45, 7) is 2.94. The number of benzene rings is 3. The van der Waals surface area contributed by atoms with Gasteiger partial charge in [0.2, 0.25) is 0 Å². The van der Waals surface area contributed by atoms with Crippen molar-refractivity contribution in [2.24, 2.45) is 0 Å². The summed E-state index contributed by atoms with van der Waals surface area (Å²) >= 11 is 2.41. The van der Waals surface area contributed by atoms with Crippen LogP contribution in [0.1, 0.15) is 11.1 Å². The van der Waals surface area contributed by atoms with E-state index in [-0.39, 0.29) is 0 Å². The van der Waals surface area contributed by atoms with Crippen molar-refractivity contribution in [3.8, 4) is 11.4 Å². The third-order valence-electron chi connectivity index (χ3n) is 4.22. The maximum atomic E-state index is 4.91. The van der Waals surface area contributed by atoms with Crippen LogP contribution in [0.25, 0.3) is 22.4 Å². The summed E-state index contributed by atoms with van der Waals surface area (Å²) in [6.07, 6.45) is 0. The monoisotopic (exact) mass is 424 g/mol. The Hall–Kier alpha value is -2.14. The first kappa shape index (κ1) is 15.4. The zero-order valence-corrected chi connectivity index (χ0v) is 15.6. The number of fused-ring (bicyclic) bond motifs is 1. The molecule has 0 aliphatic carbocycles. The van der Waals surface area contributed by atoms with E-state index in [1.165, 1.54) is 20.2 Å². The molecule has 4 rings (SSSR count). The first-order chi connectivity index (χ1) is 11.7. The number of aromatic nitrogens is 2. The van der Waals surface area contributed by atoms with Crippen molar-refractivity contribution in [1.82, 2.24) is 9.55 Å². The lowest BCUT2D eigenvalue weighted by Gasteiger charge is -2.11. The Kier molecular flexibility index (Phi) is 4.10. The van der Waals surface area contributed by atoms with E-state index in [9.17, 15) is 0 Å². The second-order valence-corrected chi connectivity index (χ2v) is 7.13. The second-order valence-electron chi connectivity index (χ2n) is 5.97. The van der Waals surface area contributed by atoms with Crippen LogP contribution in [0.5, 0.6) is 0 Å². The minimum Gasteiger partial charge on any atom is -0.319 e. The summed E-state index contributed by atoms with van der Waals surface area (Å²) in [4.78, 5) is 4.91. The van der Waals surface area contributed by atoms with Crippen molar-refractivity contribution in [1.29, 1.82) is 0 Å². The highest BCUT2D eigenvalue weighted by atomic mass is 127. The maximum Gasteiger partial charge on any atom is 0.141 e. The molecule has 2 nitrogen and oxygen atoms in total. The Labute approximate surface area is 155 Å². The third kappa shape index (κ3) is 2.84. The number of para-hydroxylation sites is 2. The molecule has 24 heavy (non-hydrogen) atoms. The lowest BCUT2D eigenvalue weighted by Crippen LogP contribution is -2.03. The van der Waals surface area contributed by atoms with Crippen molar-refractivity contribution < 1.29 is 0 Å². The van der Waals surface area contributed by atoms with E-state index in [4.69, 9.17) is 4.98 Å². The quantitative estimate of drug-likeness (QED) is 0.388. The molecule has 0 bridgehead atoms. The largest absolute Gasteiger partial charge is 0.319 e. The summed E-state index contributed by atoms with van der Waals surface area (Å²) in [6, 6.07) is 25.5. The number of rotatable bonds is 3. The number of halogens is 1. The molecule has 0 amide bonds. The van der Waals surface area contributed by atoms with Gasteiger partial charge in [-0.1, -0.05) is 54.1 Å². The Bertz CT molecular complexity index is 1020. The summed E-state index contributed by atoms with van der Waals surface area (Å²) in [7, 11) is 0. The summed E-state index contributed by atoms with van der Waals surface area (Å²) in [5.74, 6) is 1.03. The molecule has 0 saturated carbocycles. The van der Waals surface area contributed by atoms with Crippen LogP contribution in [0.3, 0.4) is 0 Å². The number of imidazole rings is 1. The van der Waals surface area contributed by atoms with Gasteiger partial charge in [-0.05, 0) is 59.3 Å². The molecule has 0 unspecified atom stereocenters. The van der Waals surface area contributed by atoms with E-state index in [0.717, 1.165) is 23.4 Å². The van der Waals surface area contributed by atoms with Crippen molar-refractivity contribution in [3.63, 3.8) is 0 Å². The van der Waals surface area contributed by atoms with E-state index < -0.39 is 0 Å². The molecule has 3 aromatic carbocycles. The van der Waals surface area contributed by atoms with Crippen molar-refractivity contribution >= 4 is 33.6 Å². The average Bonchev–Trinajstić information content (AvgIpc) is 2.96. The Balaban J connectivity index is 1.92. The van der Waals surface area contributed by atoms with Crippen LogP contribution in [0.2, 0.25) is 0 Å². The van der Waals surface area contributed by atoms with Gasteiger partial charge >= 0.3 is 0 Å². The molecule has 0 atom stereocenters. The molecule has 1 heterocycles. The minimum absolute atomic E-state index is 0.822. The topological polar surface area (TPSA) is 17.8 Å². The van der Waals surface area contributed by atoms with Gasteiger partial charge in [-0.3, -0.25) is 0 Å². The molecule has 118 valence electrons. The van der Waals surface area contributed by atoms with Crippen molar-refractivity contribution in [2.75, 3.05) is 0 Å². The fourth-order valence-corrected chi connectivity index (χ4v) is 3.60. The van der Waals surface area contributed by atoms with Crippen molar-refractivity contribution in [3.05, 3.63) is 87.5 Å². The summed E-state index contributed by atoms with van der Waals surface area (Å²) in [5, 5.41) is 0. The van der Waals surface area contributed by atoms with Gasteiger partial charge in [0.05, 0.1) is 17.6 Å². The van der Waals surface area contributed by atoms with E-state index >= 15 is 0 Å². The van der Waals surface area contributed by atoms with Gasteiger partial charge in [0.25, 0.3) is 0 Å². The highest BCUT2D eigenvalue weighted by molar-refractivity contribution is 14.1. The molecule has 1 aromatic heterocycles. The molecule has 4 aromatic rings. The van der Waals surface area contributed by atoms with Gasteiger partial charge in [0, 0.05) is 9.13 Å². The highest BCUT2D eigenvalue weighted by Gasteiger charge is 2.13. The predicted molar refractivity (Wildman–Crippen MR) is 108 cm³/mol. The third-order valence-corrected chi connectivity index (χ3v) is 5.27. The van der Waals surface area contributed by atoms with E-state index in [2.05, 4.69) is 101 Å². The van der Waals surface area contributed by atoms with Gasteiger partial charge in [0.15, 0.2) is 0 Å². The van der Waals surface area contributed by atoms with Crippen LogP contribution in [0, 0.1) is 10.5 Å². The maximum absolute atomic E-state index is 4.91. The van der Waals surface area contributed by atoms with Crippen LogP contribution in [0.4, 0.5) is 0 Å². The van der Waals surface area contributed by atoms with Crippen LogP contribution in [-0.4, -0.2) is 9.55 Å². The predicted octanol–water partition coefficient (Wildman–Crippen LogP) is 5.66.